The Balaban J connectivity index is 1.91. The highest BCUT2D eigenvalue weighted by molar-refractivity contribution is 6.30. The number of fused-ring (bicyclic) bond motifs is 1. The lowest BCUT2D eigenvalue weighted by atomic mass is 10.1. The summed E-state index contributed by atoms with van der Waals surface area (Å²) in [7, 11) is 0. The fraction of sp³-hybridized carbons (Fsp3) is 0.250. The van der Waals surface area contributed by atoms with Crippen LogP contribution < -0.4 is 5.32 Å². The summed E-state index contributed by atoms with van der Waals surface area (Å²) in [6.45, 7) is 4.70. The van der Waals surface area contributed by atoms with Crippen LogP contribution in [0.15, 0.2) is 54.7 Å². The Labute approximate surface area is 147 Å². The zero-order valence-corrected chi connectivity index (χ0v) is 14.7. The van der Waals surface area contributed by atoms with Gasteiger partial charge in [0.2, 0.25) is 5.91 Å². The van der Waals surface area contributed by atoms with Gasteiger partial charge in [-0.1, -0.05) is 41.9 Å². The topological polar surface area (TPSA) is 34.0 Å². The van der Waals surface area contributed by atoms with E-state index in [2.05, 4.69) is 28.2 Å². The number of benzene rings is 2. The van der Waals surface area contributed by atoms with Crippen molar-refractivity contribution in [3.05, 3.63) is 70.9 Å². The average Bonchev–Trinajstić information content (AvgIpc) is 2.87. The fourth-order valence-electron chi connectivity index (χ4n) is 2.93. The lowest BCUT2D eigenvalue weighted by Gasteiger charge is -2.07. The molecule has 2 aromatic carbocycles. The number of para-hydroxylation sites is 1. The van der Waals surface area contributed by atoms with E-state index in [9.17, 15) is 4.79 Å². The highest BCUT2D eigenvalue weighted by atomic mass is 35.5. The normalized spacial score (nSPS) is 11.2. The van der Waals surface area contributed by atoms with Crippen molar-refractivity contribution in [3.8, 4) is 0 Å². The number of nitrogens with zero attached hydrogens (tertiary/aromatic N) is 1. The second kappa shape index (κ2) is 7.10. The van der Waals surface area contributed by atoms with E-state index >= 15 is 0 Å². The molecular formula is C20H21ClN2O. The van der Waals surface area contributed by atoms with Crippen molar-refractivity contribution in [2.75, 3.05) is 0 Å². The van der Waals surface area contributed by atoms with Gasteiger partial charge in [0.05, 0.1) is 6.42 Å². The Kier molecular flexibility index (Phi) is 4.91. The second-order valence-electron chi connectivity index (χ2n) is 6.32. The molecule has 3 aromatic rings. The summed E-state index contributed by atoms with van der Waals surface area (Å²) in [5, 5.41) is 4.83. The van der Waals surface area contributed by atoms with E-state index in [0.717, 1.165) is 28.0 Å². The van der Waals surface area contributed by atoms with Crippen LogP contribution in [0.5, 0.6) is 0 Å². The molecule has 1 heterocycles. The van der Waals surface area contributed by atoms with Crippen LogP contribution in [-0.2, 0) is 17.8 Å². The number of hydrogen-bond acceptors (Lipinski definition) is 1. The summed E-state index contributed by atoms with van der Waals surface area (Å²) in [4.78, 5) is 12.1. The first-order valence-electron chi connectivity index (χ1n) is 8.13. The van der Waals surface area contributed by atoms with Crippen molar-refractivity contribution in [2.24, 2.45) is 0 Å². The Morgan fingerprint density at radius 1 is 1.12 bits per heavy atom. The van der Waals surface area contributed by atoms with Gasteiger partial charge in [0.1, 0.15) is 0 Å². The number of halogens is 1. The fourth-order valence-corrected chi connectivity index (χ4v) is 3.05. The van der Waals surface area contributed by atoms with Crippen LogP contribution in [0.2, 0.25) is 5.02 Å². The predicted molar refractivity (Wildman–Crippen MR) is 99.5 cm³/mol. The van der Waals surface area contributed by atoms with E-state index in [1.807, 2.05) is 50.2 Å². The maximum absolute atomic E-state index is 12.1. The Hall–Kier alpha value is -2.26. The molecule has 0 aliphatic heterocycles. The van der Waals surface area contributed by atoms with E-state index in [4.69, 9.17) is 11.6 Å². The molecule has 0 aliphatic rings. The summed E-state index contributed by atoms with van der Waals surface area (Å²) in [5.74, 6) is 0.0550. The highest BCUT2D eigenvalue weighted by Gasteiger charge is 2.12. The molecule has 1 N–H and O–H groups in total. The first-order valence-corrected chi connectivity index (χ1v) is 8.51. The molecule has 1 amide bonds. The zero-order chi connectivity index (χ0) is 17.1. The molecule has 4 heteroatoms. The number of amides is 1. The smallest absolute Gasteiger partial charge is 0.224 e. The summed E-state index contributed by atoms with van der Waals surface area (Å²) < 4.78 is 2.19. The van der Waals surface area contributed by atoms with Gasteiger partial charge in [-0.15, -0.1) is 0 Å². The third kappa shape index (κ3) is 3.80. The van der Waals surface area contributed by atoms with E-state index in [0.29, 0.717) is 6.42 Å². The third-order valence-electron chi connectivity index (χ3n) is 3.94. The molecule has 3 nitrogen and oxygen atoms in total. The van der Waals surface area contributed by atoms with Gasteiger partial charge in [-0.25, -0.2) is 0 Å². The van der Waals surface area contributed by atoms with Gasteiger partial charge < -0.3 is 9.88 Å². The van der Waals surface area contributed by atoms with E-state index in [-0.39, 0.29) is 11.9 Å². The molecule has 0 saturated heterocycles. The minimum Gasteiger partial charge on any atom is -0.354 e. The van der Waals surface area contributed by atoms with Crippen molar-refractivity contribution in [1.82, 2.24) is 9.88 Å². The summed E-state index contributed by atoms with van der Waals surface area (Å²) >= 11 is 5.96. The maximum atomic E-state index is 12.1. The van der Waals surface area contributed by atoms with Crippen LogP contribution in [0.25, 0.3) is 10.9 Å². The van der Waals surface area contributed by atoms with Crippen molar-refractivity contribution in [3.63, 3.8) is 0 Å². The van der Waals surface area contributed by atoms with Gasteiger partial charge in [0, 0.05) is 34.7 Å². The molecule has 0 bridgehead atoms. The highest BCUT2D eigenvalue weighted by Crippen LogP contribution is 2.23. The number of nitrogens with one attached hydrogen (secondary N) is 1. The summed E-state index contributed by atoms with van der Waals surface area (Å²) in [6.07, 6.45) is 2.48. The SMILES string of the molecule is CC(C)NC(=O)Cc1cn(Cc2ccc(Cl)cc2)c2ccccc12. The standard InChI is InChI=1S/C20H21ClN2O/c1-14(2)22-20(24)11-16-13-23(19-6-4-3-5-18(16)19)12-15-7-9-17(21)10-8-15/h3-10,13-14H,11-12H2,1-2H3,(H,22,24). The first-order chi connectivity index (χ1) is 11.5. The van der Waals surface area contributed by atoms with Gasteiger partial charge in [0.15, 0.2) is 0 Å². The Bertz CT molecular complexity index is 850. The van der Waals surface area contributed by atoms with E-state index in [1.54, 1.807) is 0 Å². The molecule has 0 saturated carbocycles. The number of aromatic nitrogens is 1. The summed E-state index contributed by atoms with van der Waals surface area (Å²) in [6, 6.07) is 16.2. The molecule has 124 valence electrons. The second-order valence-corrected chi connectivity index (χ2v) is 6.76. The molecule has 1 aromatic heterocycles. The van der Waals surface area contributed by atoms with Crippen molar-refractivity contribution >= 4 is 28.4 Å². The van der Waals surface area contributed by atoms with Crippen LogP contribution in [0.1, 0.15) is 25.0 Å². The molecule has 3 rings (SSSR count). The Morgan fingerprint density at radius 2 is 1.83 bits per heavy atom. The van der Waals surface area contributed by atoms with Gasteiger partial charge in [-0.05, 0) is 43.2 Å². The van der Waals surface area contributed by atoms with Gasteiger partial charge >= 0.3 is 0 Å². The van der Waals surface area contributed by atoms with E-state index in [1.165, 1.54) is 5.56 Å². The number of carbonyl (C=O) groups excluding carboxylic acids is 1. The predicted octanol–water partition coefficient (Wildman–Crippen LogP) is 4.41. The van der Waals surface area contributed by atoms with Crippen LogP contribution in [0.4, 0.5) is 0 Å². The van der Waals surface area contributed by atoms with Crippen molar-refractivity contribution in [2.45, 2.75) is 32.9 Å². The number of carbonyl (C=O) groups is 1. The zero-order valence-electron chi connectivity index (χ0n) is 13.9. The first kappa shape index (κ1) is 16.6. The van der Waals surface area contributed by atoms with E-state index < -0.39 is 0 Å². The third-order valence-corrected chi connectivity index (χ3v) is 4.19. The molecule has 0 aliphatic carbocycles. The largest absolute Gasteiger partial charge is 0.354 e. The molecule has 24 heavy (non-hydrogen) atoms. The molecule has 0 fully saturated rings. The lowest BCUT2D eigenvalue weighted by Crippen LogP contribution is -2.31. The van der Waals surface area contributed by atoms with Gasteiger partial charge in [-0.3, -0.25) is 4.79 Å². The molecular weight excluding hydrogens is 320 g/mol. The molecule has 0 atom stereocenters. The Morgan fingerprint density at radius 3 is 2.54 bits per heavy atom. The summed E-state index contributed by atoms with van der Waals surface area (Å²) in [5.41, 5.74) is 3.37. The van der Waals surface area contributed by atoms with Crippen LogP contribution >= 0.6 is 11.6 Å². The number of hydrogen-bond donors (Lipinski definition) is 1. The van der Waals surface area contributed by atoms with Crippen molar-refractivity contribution < 1.29 is 4.79 Å². The van der Waals surface area contributed by atoms with Crippen molar-refractivity contribution in [1.29, 1.82) is 0 Å². The van der Waals surface area contributed by atoms with Gasteiger partial charge in [-0.2, -0.15) is 0 Å². The van der Waals surface area contributed by atoms with Crippen LogP contribution in [0, 0.1) is 0 Å². The van der Waals surface area contributed by atoms with Gasteiger partial charge in [0.25, 0.3) is 0 Å². The maximum Gasteiger partial charge on any atom is 0.224 e. The minimum atomic E-state index is 0.0550. The quantitative estimate of drug-likeness (QED) is 0.733. The lowest BCUT2D eigenvalue weighted by molar-refractivity contribution is -0.120. The minimum absolute atomic E-state index is 0.0550. The molecule has 0 radical (unpaired) electrons. The monoisotopic (exact) mass is 340 g/mol. The molecule has 0 spiro atoms. The van der Waals surface area contributed by atoms with Crippen LogP contribution in [0.3, 0.4) is 0 Å². The molecule has 0 unspecified atom stereocenters. The van der Waals surface area contributed by atoms with Crippen LogP contribution in [-0.4, -0.2) is 16.5 Å². The number of rotatable bonds is 5. The average molecular weight is 341 g/mol.